The number of benzene rings is 3. The molecule has 29 heavy (non-hydrogen) atoms. The van der Waals surface area contributed by atoms with Crippen LogP contribution in [0.2, 0.25) is 5.02 Å². The van der Waals surface area contributed by atoms with E-state index in [4.69, 9.17) is 16.7 Å². The lowest BCUT2D eigenvalue weighted by molar-refractivity contribution is 0.0955. The van der Waals surface area contributed by atoms with Crippen molar-refractivity contribution in [3.05, 3.63) is 107 Å². The number of hydrazone groups is 1. The zero-order valence-corrected chi connectivity index (χ0v) is 16.1. The number of carbonyl (C=O) groups is 1. The van der Waals surface area contributed by atoms with Gasteiger partial charge in [0.25, 0.3) is 5.91 Å². The van der Waals surface area contributed by atoms with Crippen LogP contribution in [-0.2, 0) is 0 Å². The van der Waals surface area contributed by atoms with Crippen molar-refractivity contribution in [1.82, 2.24) is 15.2 Å². The molecule has 0 aliphatic heterocycles. The van der Waals surface area contributed by atoms with E-state index in [0.717, 1.165) is 22.5 Å². The van der Waals surface area contributed by atoms with Crippen LogP contribution in [0.25, 0.3) is 16.9 Å². The highest BCUT2D eigenvalue weighted by atomic mass is 35.5. The quantitative estimate of drug-likeness (QED) is 0.380. The van der Waals surface area contributed by atoms with E-state index in [9.17, 15) is 4.79 Å². The maximum atomic E-state index is 12.2. The van der Waals surface area contributed by atoms with Crippen molar-refractivity contribution in [3.63, 3.8) is 0 Å². The van der Waals surface area contributed by atoms with Crippen LogP contribution in [0.1, 0.15) is 15.9 Å². The molecule has 5 nitrogen and oxygen atoms in total. The lowest BCUT2D eigenvalue weighted by Crippen LogP contribution is -2.17. The summed E-state index contributed by atoms with van der Waals surface area (Å²) < 4.78 is 1.78. The third-order valence-corrected chi connectivity index (χ3v) is 4.54. The zero-order chi connectivity index (χ0) is 20.1. The Labute approximate surface area is 173 Å². The molecule has 1 amide bonds. The molecule has 4 rings (SSSR count). The summed E-state index contributed by atoms with van der Waals surface area (Å²) in [7, 11) is 0. The molecule has 0 aliphatic rings. The third kappa shape index (κ3) is 4.42. The largest absolute Gasteiger partial charge is 0.271 e. The van der Waals surface area contributed by atoms with Crippen LogP contribution < -0.4 is 5.43 Å². The summed E-state index contributed by atoms with van der Waals surface area (Å²) in [4.78, 5) is 12.2. The number of amides is 1. The Morgan fingerprint density at radius 3 is 2.28 bits per heavy atom. The topological polar surface area (TPSA) is 59.3 Å². The van der Waals surface area contributed by atoms with Gasteiger partial charge in [0.1, 0.15) is 5.69 Å². The molecular weight excluding hydrogens is 384 g/mol. The number of carbonyl (C=O) groups excluding carboxylic acids is 1. The van der Waals surface area contributed by atoms with Crippen molar-refractivity contribution in [3.8, 4) is 16.9 Å². The van der Waals surface area contributed by atoms with Crippen LogP contribution in [-0.4, -0.2) is 21.9 Å². The van der Waals surface area contributed by atoms with E-state index in [-0.39, 0.29) is 5.91 Å². The monoisotopic (exact) mass is 400 g/mol. The van der Waals surface area contributed by atoms with E-state index in [1.54, 1.807) is 35.2 Å². The minimum absolute atomic E-state index is 0.273. The Kier molecular flexibility index (Phi) is 5.49. The second kappa shape index (κ2) is 8.54. The van der Waals surface area contributed by atoms with Gasteiger partial charge < -0.3 is 0 Å². The van der Waals surface area contributed by atoms with Gasteiger partial charge in [-0.15, -0.1) is 0 Å². The smallest absolute Gasteiger partial charge is 0.267 e. The molecule has 3 aromatic carbocycles. The van der Waals surface area contributed by atoms with Gasteiger partial charge in [-0.05, 0) is 36.4 Å². The maximum Gasteiger partial charge on any atom is 0.271 e. The van der Waals surface area contributed by atoms with E-state index in [1.165, 1.54) is 0 Å². The molecule has 0 bridgehead atoms. The van der Waals surface area contributed by atoms with E-state index >= 15 is 0 Å². The van der Waals surface area contributed by atoms with Crippen LogP contribution >= 0.6 is 11.6 Å². The molecule has 6 heteroatoms. The fourth-order valence-electron chi connectivity index (χ4n) is 2.84. The van der Waals surface area contributed by atoms with Crippen molar-refractivity contribution >= 4 is 23.7 Å². The number of nitrogens with zero attached hydrogens (tertiary/aromatic N) is 3. The minimum atomic E-state index is -0.273. The van der Waals surface area contributed by atoms with Crippen LogP contribution in [0, 0.1) is 0 Å². The van der Waals surface area contributed by atoms with Crippen molar-refractivity contribution in [2.24, 2.45) is 5.10 Å². The summed E-state index contributed by atoms with van der Waals surface area (Å²) in [5.74, 6) is -0.273. The normalized spacial score (nSPS) is 10.9. The zero-order valence-electron chi connectivity index (χ0n) is 15.4. The minimum Gasteiger partial charge on any atom is -0.267 e. The Bertz CT molecular complexity index is 1140. The molecule has 142 valence electrons. The maximum absolute atomic E-state index is 12.2. The number of hydrogen-bond donors (Lipinski definition) is 1. The fourth-order valence-corrected chi connectivity index (χ4v) is 2.97. The first-order chi connectivity index (χ1) is 14.2. The summed E-state index contributed by atoms with van der Waals surface area (Å²) in [5, 5.41) is 9.48. The number of hydrogen-bond acceptors (Lipinski definition) is 3. The van der Waals surface area contributed by atoms with Gasteiger partial charge in [0.15, 0.2) is 0 Å². The molecule has 0 saturated heterocycles. The lowest BCUT2D eigenvalue weighted by Gasteiger charge is -2.01. The van der Waals surface area contributed by atoms with Gasteiger partial charge in [-0.3, -0.25) is 4.79 Å². The van der Waals surface area contributed by atoms with Crippen LogP contribution in [0.15, 0.2) is 96.2 Å². The number of halogens is 1. The third-order valence-electron chi connectivity index (χ3n) is 4.29. The highest BCUT2D eigenvalue weighted by Crippen LogP contribution is 2.24. The van der Waals surface area contributed by atoms with Crippen LogP contribution in [0.3, 0.4) is 0 Å². The number of aromatic nitrogens is 2. The molecule has 0 unspecified atom stereocenters. The van der Waals surface area contributed by atoms with Crippen molar-refractivity contribution < 1.29 is 4.79 Å². The molecular formula is C23H17ClN4O. The molecule has 1 aromatic heterocycles. The highest BCUT2D eigenvalue weighted by molar-refractivity contribution is 6.30. The van der Waals surface area contributed by atoms with Crippen molar-refractivity contribution in [1.29, 1.82) is 0 Å². The second-order valence-electron chi connectivity index (χ2n) is 6.29. The first kappa shape index (κ1) is 18.7. The molecule has 4 aromatic rings. The summed E-state index contributed by atoms with van der Waals surface area (Å²) in [6.07, 6.45) is 3.47. The van der Waals surface area contributed by atoms with Crippen LogP contribution in [0.5, 0.6) is 0 Å². The van der Waals surface area contributed by atoms with Gasteiger partial charge in [0.05, 0.1) is 11.9 Å². The summed E-state index contributed by atoms with van der Waals surface area (Å²) >= 11 is 6.02. The first-order valence-electron chi connectivity index (χ1n) is 9.00. The van der Waals surface area contributed by atoms with E-state index < -0.39 is 0 Å². The van der Waals surface area contributed by atoms with Crippen molar-refractivity contribution in [2.75, 3.05) is 0 Å². The van der Waals surface area contributed by atoms with Gasteiger partial charge in [-0.25, -0.2) is 10.1 Å². The van der Waals surface area contributed by atoms with E-state index in [0.29, 0.717) is 10.6 Å². The molecule has 0 aliphatic carbocycles. The summed E-state index contributed by atoms with van der Waals surface area (Å²) in [5.41, 5.74) is 6.44. The Hall–Kier alpha value is -3.70. The molecule has 1 heterocycles. The van der Waals surface area contributed by atoms with Gasteiger partial charge in [-0.2, -0.15) is 10.2 Å². The predicted molar refractivity (Wildman–Crippen MR) is 116 cm³/mol. The van der Waals surface area contributed by atoms with E-state index in [2.05, 4.69) is 10.5 Å². The molecule has 0 spiro atoms. The van der Waals surface area contributed by atoms with Gasteiger partial charge in [0.2, 0.25) is 0 Å². The number of nitrogens with one attached hydrogen (secondary N) is 1. The summed E-state index contributed by atoms with van der Waals surface area (Å²) in [6, 6.07) is 26.2. The summed E-state index contributed by atoms with van der Waals surface area (Å²) in [6.45, 7) is 0. The SMILES string of the molecule is O=C(NN=Cc1cn(-c2ccccc2)nc1-c1ccc(Cl)cc1)c1ccccc1. The highest BCUT2D eigenvalue weighted by Gasteiger charge is 2.11. The lowest BCUT2D eigenvalue weighted by atomic mass is 10.1. The Morgan fingerprint density at radius 2 is 1.59 bits per heavy atom. The van der Waals surface area contributed by atoms with Crippen LogP contribution in [0.4, 0.5) is 0 Å². The predicted octanol–water partition coefficient (Wildman–Crippen LogP) is 4.96. The standard InChI is InChI=1S/C23H17ClN4O/c24-20-13-11-17(12-14-20)22-19(16-28(27-22)21-9-5-2-6-10-21)15-25-26-23(29)18-7-3-1-4-8-18/h1-16H,(H,26,29). The molecule has 1 N–H and O–H groups in total. The van der Waals surface area contributed by atoms with Gasteiger partial charge in [0, 0.05) is 27.9 Å². The average Bonchev–Trinajstić information content (AvgIpc) is 3.19. The average molecular weight is 401 g/mol. The van der Waals surface area contributed by atoms with Gasteiger partial charge >= 0.3 is 0 Å². The fraction of sp³-hybridized carbons (Fsp3) is 0. The molecule has 0 radical (unpaired) electrons. The Balaban J connectivity index is 1.64. The molecule has 0 saturated carbocycles. The van der Waals surface area contributed by atoms with Gasteiger partial charge in [-0.1, -0.05) is 60.1 Å². The number of rotatable bonds is 5. The van der Waals surface area contributed by atoms with E-state index in [1.807, 2.05) is 66.9 Å². The van der Waals surface area contributed by atoms with Crippen molar-refractivity contribution in [2.45, 2.75) is 0 Å². The first-order valence-corrected chi connectivity index (χ1v) is 9.38. The molecule has 0 atom stereocenters. The Morgan fingerprint density at radius 1 is 0.931 bits per heavy atom. The number of para-hydroxylation sites is 1. The second-order valence-corrected chi connectivity index (χ2v) is 6.72. The molecule has 0 fully saturated rings.